The largest absolute Gasteiger partial charge is 0.342 e. The Hall–Kier alpha value is -1.88. The Labute approximate surface area is 112 Å². The second-order valence-electron chi connectivity index (χ2n) is 4.98. The molecule has 2 heterocycles. The van der Waals surface area contributed by atoms with Gasteiger partial charge in [-0.15, -0.1) is 0 Å². The molecule has 0 unspecified atom stereocenters. The van der Waals surface area contributed by atoms with Crippen molar-refractivity contribution >= 4 is 16.9 Å². The van der Waals surface area contributed by atoms with Gasteiger partial charge in [-0.2, -0.15) is 0 Å². The van der Waals surface area contributed by atoms with Crippen LogP contribution in [0.1, 0.15) is 11.4 Å². The number of nitrogens with zero attached hydrogens (tertiary/aromatic N) is 2. The predicted octanol–water partition coefficient (Wildman–Crippen LogP) is 0.846. The van der Waals surface area contributed by atoms with E-state index in [1.807, 2.05) is 30.0 Å². The molecule has 1 aromatic carbocycles. The maximum absolute atomic E-state index is 12.2. The Bertz CT molecular complexity index is 599. The minimum atomic E-state index is 0.206. The van der Waals surface area contributed by atoms with E-state index in [0.29, 0.717) is 6.42 Å². The maximum Gasteiger partial charge on any atom is 0.227 e. The summed E-state index contributed by atoms with van der Waals surface area (Å²) in [6.07, 6.45) is 0.466. The van der Waals surface area contributed by atoms with Crippen molar-refractivity contribution < 1.29 is 4.79 Å². The molecule has 0 bridgehead atoms. The van der Waals surface area contributed by atoms with Gasteiger partial charge in [0.1, 0.15) is 5.82 Å². The summed E-state index contributed by atoms with van der Waals surface area (Å²) in [6.45, 7) is 5.34. The molecule has 1 amide bonds. The summed E-state index contributed by atoms with van der Waals surface area (Å²) < 4.78 is 0. The molecule has 5 heteroatoms. The number of hydrogen-bond donors (Lipinski definition) is 2. The molecule has 5 nitrogen and oxygen atoms in total. The van der Waals surface area contributed by atoms with Crippen LogP contribution in [0.2, 0.25) is 0 Å². The van der Waals surface area contributed by atoms with Gasteiger partial charge in [-0.25, -0.2) is 4.98 Å². The first-order valence-corrected chi connectivity index (χ1v) is 6.66. The summed E-state index contributed by atoms with van der Waals surface area (Å²) in [5, 5.41) is 3.25. The van der Waals surface area contributed by atoms with Gasteiger partial charge >= 0.3 is 0 Å². The van der Waals surface area contributed by atoms with E-state index in [0.717, 1.165) is 48.6 Å². The van der Waals surface area contributed by atoms with E-state index >= 15 is 0 Å². The molecule has 2 aromatic rings. The Balaban J connectivity index is 1.74. The molecule has 1 aliphatic heterocycles. The quantitative estimate of drug-likeness (QED) is 0.839. The van der Waals surface area contributed by atoms with E-state index in [2.05, 4.69) is 15.3 Å². The summed E-state index contributed by atoms with van der Waals surface area (Å²) in [6, 6.07) is 5.98. The van der Waals surface area contributed by atoms with Crippen LogP contribution in [0.25, 0.3) is 11.0 Å². The van der Waals surface area contributed by atoms with Crippen LogP contribution in [0, 0.1) is 6.92 Å². The van der Waals surface area contributed by atoms with Gasteiger partial charge in [-0.1, -0.05) is 6.07 Å². The monoisotopic (exact) mass is 258 g/mol. The number of aryl methyl sites for hydroxylation is 1. The van der Waals surface area contributed by atoms with Crippen molar-refractivity contribution in [3.63, 3.8) is 0 Å². The van der Waals surface area contributed by atoms with Gasteiger partial charge in [0.15, 0.2) is 0 Å². The number of aromatic nitrogens is 2. The number of rotatable bonds is 2. The van der Waals surface area contributed by atoms with Crippen molar-refractivity contribution in [3.05, 3.63) is 29.6 Å². The van der Waals surface area contributed by atoms with Crippen molar-refractivity contribution in [2.45, 2.75) is 13.3 Å². The highest BCUT2D eigenvalue weighted by atomic mass is 16.2. The Morgan fingerprint density at radius 2 is 2.16 bits per heavy atom. The Morgan fingerprint density at radius 3 is 2.95 bits per heavy atom. The van der Waals surface area contributed by atoms with Crippen LogP contribution in [0.5, 0.6) is 0 Å². The van der Waals surface area contributed by atoms with Crippen LogP contribution < -0.4 is 5.32 Å². The maximum atomic E-state index is 12.2. The molecule has 100 valence electrons. The molecule has 1 aliphatic rings. The van der Waals surface area contributed by atoms with Crippen molar-refractivity contribution in [2.24, 2.45) is 0 Å². The number of nitrogens with one attached hydrogen (secondary N) is 2. The summed E-state index contributed by atoms with van der Waals surface area (Å²) in [7, 11) is 0. The normalized spacial score (nSPS) is 15.9. The predicted molar refractivity (Wildman–Crippen MR) is 74.0 cm³/mol. The molecule has 0 atom stereocenters. The number of benzene rings is 1. The summed E-state index contributed by atoms with van der Waals surface area (Å²) in [5.74, 6) is 1.11. The fourth-order valence-electron chi connectivity index (χ4n) is 2.49. The van der Waals surface area contributed by atoms with Gasteiger partial charge in [-0.05, 0) is 24.6 Å². The van der Waals surface area contributed by atoms with Crippen LogP contribution in [0.15, 0.2) is 18.2 Å². The number of carbonyl (C=O) groups is 1. The van der Waals surface area contributed by atoms with E-state index in [-0.39, 0.29) is 5.91 Å². The minimum Gasteiger partial charge on any atom is -0.342 e. The molecule has 2 N–H and O–H groups in total. The topological polar surface area (TPSA) is 61.0 Å². The van der Waals surface area contributed by atoms with E-state index in [4.69, 9.17) is 0 Å². The number of H-pyrrole nitrogens is 1. The Kier molecular flexibility index (Phi) is 3.21. The fraction of sp³-hybridized carbons (Fsp3) is 0.429. The van der Waals surface area contributed by atoms with Gasteiger partial charge < -0.3 is 15.2 Å². The minimum absolute atomic E-state index is 0.206. The molecule has 19 heavy (non-hydrogen) atoms. The first kappa shape index (κ1) is 12.2. The SMILES string of the molecule is Cc1nc2ccc(CC(=O)N3CCNCC3)cc2[nH]1. The lowest BCUT2D eigenvalue weighted by atomic mass is 10.1. The van der Waals surface area contributed by atoms with Gasteiger partial charge in [0, 0.05) is 26.2 Å². The van der Waals surface area contributed by atoms with Crippen molar-refractivity contribution in [1.29, 1.82) is 0 Å². The summed E-state index contributed by atoms with van der Waals surface area (Å²) in [4.78, 5) is 21.7. The van der Waals surface area contributed by atoms with E-state index < -0.39 is 0 Å². The molecular weight excluding hydrogens is 240 g/mol. The van der Waals surface area contributed by atoms with Crippen LogP contribution in [-0.2, 0) is 11.2 Å². The molecular formula is C14H18N4O. The lowest BCUT2D eigenvalue weighted by Crippen LogP contribution is -2.46. The highest BCUT2D eigenvalue weighted by Gasteiger charge is 2.16. The summed E-state index contributed by atoms with van der Waals surface area (Å²) >= 11 is 0. The van der Waals surface area contributed by atoms with Gasteiger partial charge in [0.25, 0.3) is 0 Å². The molecule has 0 spiro atoms. The zero-order valence-electron chi connectivity index (χ0n) is 11.1. The Morgan fingerprint density at radius 1 is 1.37 bits per heavy atom. The third-order valence-electron chi connectivity index (χ3n) is 3.49. The number of fused-ring (bicyclic) bond motifs is 1. The van der Waals surface area contributed by atoms with Gasteiger partial charge in [0.05, 0.1) is 17.5 Å². The standard InChI is InChI=1S/C14H18N4O/c1-10-16-12-3-2-11(8-13(12)17-10)9-14(19)18-6-4-15-5-7-18/h2-3,8,15H,4-7,9H2,1H3,(H,16,17). The van der Waals surface area contributed by atoms with E-state index in [1.54, 1.807) is 0 Å². The van der Waals surface area contributed by atoms with Crippen LogP contribution in [-0.4, -0.2) is 47.0 Å². The van der Waals surface area contributed by atoms with Crippen LogP contribution >= 0.6 is 0 Å². The lowest BCUT2D eigenvalue weighted by molar-refractivity contribution is -0.131. The van der Waals surface area contributed by atoms with E-state index in [9.17, 15) is 4.79 Å². The van der Waals surface area contributed by atoms with Gasteiger partial charge in [0.2, 0.25) is 5.91 Å². The zero-order valence-corrected chi connectivity index (χ0v) is 11.1. The molecule has 0 saturated carbocycles. The average Bonchev–Trinajstić information content (AvgIpc) is 2.79. The molecule has 3 rings (SSSR count). The average molecular weight is 258 g/mol. The van der Waals surface area contributed by atoms with Crippen LogP contribution in [0.4, 0.5) is 0 Å². The number of hydrogen-bond acceptors (Lipinski definition) is 3. The fourth-order valence-corrected chi connectivity index (χ4v) is 2.49. The lowest BCUT2D eigenvalue weighted by Gasteiger charge is -2.27. The molecule has 0 aliphatic carbocycles. The molecule has 1 aromatic heterocycles. The third-order valence-corrected chi connectivity index (χ3v) is 3.49. The van der Waals surface area contributed by atoms with Crippen LogP contribution in [0.3, 0.4) is 0 Å². The second-order valence-corrected chi connectivity index (χ2v) is 4.98. The second kappa shape index (κ2) is 5.01. The highest BCUT2D eigenvalue weighted by Crippen LogP contribution is 2.14. The number of amides is 1. The number of piperazine rings is 1. The van der Waals surface area contributed by atoms with Gasteiger partial charge in [-0.3, -0.25) is 4.79 Å². The highest BCUT2D eigenvalue weighted by molar-refractivity contribution is 5.82. The first-order valence-electron chi connectivity index (χ1n) is 6.66. The number of imidazole rings is 1. The van der Waals surface area contributed by atoms with E-state index in [1.165, 1.54) is 0 Å². The third kappa shape index (κ3) is 2.61. The number of aromatic amines is 1. The smallest absolute Gasteiger partial charge is 0.227 e. The van der Waals surface area contributed by atoms with Crippen molar-refractivity contribution in [1.82, 2.24) is 20.2 Å². The van der Waals surface area contributed by atoms with Crippen molar-refractivity contribution in [2.75, 3.05) is 26.2 Å². The zero-order chi connectivity index (χ0) is 13.2. The molecule has 1 fully saturated rings. The number of carbonyl (C=O) groups excluding carboxylic acids is 1. The molecule has 0 radical (unpaired) electrons. The van der Waals surface area contributed by atoms with Crippen molar-refractivity contribution in [3.8, 4) is 0 Å². The molecule has 1 saturated heterocycles. The first-order chi connectivity index (χ1) is 9.22. The summed E-state index contributed by atoms with van der Waals surface area (Å²) in [5.41, 5.74) is 3.00.